The molecule has 0 saturated heterocycles. The fraction of sp³-hybridized carbons (Fsp3) is 0.625. The fourth-order valence-corrected chi connectivity index (χ4v) is 2.64. The van der Waals surface area contributed by atoms with Gasteiger partial charge in [-0.25, -0.2) is 0 Å². The van der Waals surface area contributed by atoms with Crippen LogP contribution in [-0.2, 0) is 0 Å². The number of halogens is 3. The largest absolute Gasteiger partial charge is 0.401 e. The predicted molar refractivity (Wildman–Crippen MR) is 80.2 cm³/mol. The van der Waals surface area contributed by atoms with Gasteiger partial charge in [-0.3, -0.25) is 4.90 Å². The Balaban J connectivity index is 2.99. The summed E-state index contributed by atoms with van der Waals surface area (Å²) in [6, 6.07) is 9.09. The van der Waals surface area contributed by atoms with Crippen LogP contribution in [0.4, 0.5) is 13.2 Å². The third kappa shape index (κ3) is 5.67. The molecule has 0 saturated carbocycles. The number of nitrogens with one attached hydrogen (secondary N) is 1. The van der Waals surface area contributed by atoms with Gasteiger partial charge in [0.2, 0.25) is 0 Å². The smallest absolute Gasteiger partial charge is 0.309 e. The first-order chi connectivity index (χ1) is 9.76. The first-order valence-electron chi connectivity index (χ1n) is 7.37. The summed E-state index contributed by atoms with van der Waals surface area (Å²) in [5.74, 6) is 0. The van der Waals surface area contributed by atoms with E-state index in [0.29, 0.717) is 6.54 Å². The molecule has 0 amide bonds. The molecule has 1 rings (SSSR count). The highest BCUT2D eigenvalue weighted by molar-refractivity contribution is 5.20. The Morgan fingerprint density at radius 3 is 2.10 bits per heavy atom. The minimum atomic E-state index is -4.19. The van der Waals surface area contributed by atoms with Crippen LogP contribution in [0.15, 0.2) is 30.3 Å². The molecule has 0 fully saturated rings. The number of benzene rings is 1. The van der Waals surface area contributed by atoms with Crippen molar-refractivity contribution in [3.05, 3.63) is 35.9 Å². The maximum Gasteiger partial charge on any atom is 0.401 e. The van der Waals surface area contributed by atoms with E-state index < -0.39 is 12.7 Å². The Labute approximate surface area is 125 Å². The monoisotopic (exact) mass is 302 g/mol. The average Bonchev–Trinajstić information content (AvgIpc) is 2.41. The molecule has 0 heterocycles. The molecule has 0 spiro atoms. The zero-order valence-corrected chi connectivity index (χ0v) is 13.1. The molecule has 1 aromatic rings. The van der Waals surface area contributed by atoms with Crippen molar-refractivity contribution in [2.24, 2.45) is 0 Å². The molecule has 0 aliphatic rings. The van der Waals surface area contributed by atoms with E-state index in [1.807, 2.05) is 44.2 Å². The second-order valence-corrected chi connectivity index (χ2v) is 5.57. The number of rotatable bonds is 7. The Morgan fingerprint density at radius 2 is 1.67 bits per heavy atom. The van der Waals surface area contributed by atoms with Gasteiger partial charge in [0.05, 0.1) is 6.54 Å². The van der Waals surface area contributed by atoms with Crippen LogP contribution in [0, 0.1) is 0 Å². The van der Waals surface area contributed by atoms with E-state index in [0.717, 1.165) is 5.56 Å². The SMILES string of the molecule is CCNC(c1ccccc1)C(C)N(CC(F)(F)F)C(C)C. The number of alkyl halides is 3. The van der Waals surface area contributed by atoms with E-state index in [1.165, 1.54) is 4.90 Å². The van der Waals surface area contributed by atoms with Crippen molar-refractivity contribution in [2.45, 2.75) is 52.0 Å². The van der Waals surface area contributed by atoms with Crippen LogP contribution >= 0.6 is 0 Å². The zero-order valence-electron chi connectivity index (χ0n) is 13.1. The van der Waals surface area contributed by atoms with Crippen molar-refractivity contribution in [1.82, 2.24) is 10.2 Å². The lowest BCUT2D eigenvalue weighted by Crippen LogP contribution is -2.49. The Kier molecular flexibility index (Phi) is 6.68. The molecule has 0 radical (unpaired) electrons. The van der Waals surface area contributed by atoms with E-state index in [4.69, 9.17) is 0 Å². The number of hydrogen-bond donors (Lipinski definition) is 1. The molecule has 1 N–H and O–H groups in total. The Bertz CT molecular complexity index is 404. The molecular formula is C16H25F3N2. The van der Waals surface area contributed by atoms with E-state index in [2.05, 4.69) is 5.32 Å². The predicted octanol–water partition coefficient (Wildman–Crippen LogP) is 4.00. The number of likely N-dealkylation sites (N-methyl/N-ethyl adjacent to an activating group) is 1. The lowest BCUT2D eigenvalue weighted by molar-refractivity contribution is -0.155. The van der Waals surface area contributed by atoms with Crippen LogP contribution in [0.1, 0.15) is 39.3 Å². The molecule has 0 bridgehead atoms. The Hall–Kier alpha value is -1.07. The van der Waals surface area contributed by atoms with Gasteiger partial charge in [-0.2, -0.15) is 13.2 Å². The highest BCUT2D eigenvalue weighted by Gasteiger charge is 2.36. The summed E-state index contributed by atoms with van der Waals surface area (Å²) in [5, 5.41) is 3.31. The van der Waals surface area contributed by atoms with Gasteiger partial charge in [0.15, 0.2) is 0 Å². The van der Waals surface area contributed by atoms with Crippen LogP contribution in [-0.4, -0.2) is 36.2 Å². The van der Waals surface area contributed by atoms with Crippen molar-refractivity contribution in [2.75, 3.05) is 13.1 Å². The summed E-state index contributed by atoms with van der Waals surface area (Å²) in [6.07, 6.45) is -4.19. The topological polar surface area (TPSA) is 15.3 Å². The summed E-state index contributed by atoms with van der Waals surface area (Å²) in [4.78, 5) is 1.50. The van der Waals surface area contributed by atoms with Gasteiger partial charge in [-0.15, -0.1) is 0 Å². The number of nitrogens with zero attached hydrogens (tertiary/aromatic N) is 1. The second-order valence-electron chi connectivity index (χ2n) is 5.57. The molecule has 0 aliphatic heterocycles. The van der Waals surface area contributed by atoms with Crippen molar-refractivity contribution in [3.8, 4) is 0 Å². The first-order valence-corrected chi connectivity index (χ1v) is 7.37. The van der Waals surface area contributed by atoms with Gasteiger partial charge in [-0.1, -0.05) is 37.3 Å². The molecule has 120 valence electrons. The summed E-state index contributed by atoms with van der Waals surface area (Å²) in [7, 11) is 0. The second kappa shape index (κ2) is 7.80. The summed E-state index contributed by atoms with van der Waals surface area (Å²) < 4.78 is 38.4. The lowest BCUT2D eigenvalue weighted by Gasteiger charge is -2.38. The normalized spacial score (nSPS) is 15.5. The van der Waals surface area contributed by atoms with Crippen molar-refractivity contribution in [3.63, 3.8) is 0 Å². The first kappa shape index (κ1) is 18.0. The highest BCUT2D eigenvalue weighted by Crippen LogP contribution is 2.26. The fourth-order valence-electron chi connectivity index (χ4n) is 2.64. The van der Waals surface area contributed by atoms with E-state index in [9.17, 15) is 13.2 Å². The third-order valence-corrected chi connectivity index (χ3v) is 3.61. The average molecular weight is 302 g/mol. The molecule has 2 nitrogen and oxygen atoms in total. The van der Waals surface area contributed by atoms with Crippen LogP contribution in [0.5, 0.6) is 0 Å². The van der Waals surface area contributed by atoms with E-state index >= 15 is 0 Å². The van der Waals surface area contributed by atoms with Gasteiger partial charge < -0.3 is 5.32 Å². The van der Waals surface area contributed by atoms with Gasteiger partial charge in [0.1, 0.15) is 0 Å². The maximum absolute atomic E-state index is 12.8. The van der Waals surface area contributed by atoms with Crippen molar-refractivity contribution in [1.29, 1.82) is 0 Å². The molecule has 2 atom stereocenters. The molecule has 21 heavy (non-hydrogen) atoms. The Morgan fingerprint density at radius 1 is 1.10 bits per heavy atom. The molecular weight excluding hydrogens is 277 g/mol. The minimum absolute atomic E-state index is 0.124. The number of hydrogen-bond acceptors (Lipinski definition) is 2. The quantitative estimate of drug-likeness (QED) is 0.819. The molecule has 1 aromatic carbocycles. The molecule has 0 aliphatic carbocycles. The standard InChI is InChI=1S/C16H25F3N2/c1-5-20-15(14-9-7-6-8-10-14)13(4)21(12(2)3)11-16(17,18)19/h6-10,12-13,15,20H,5,11H2,1-4H3. The van der Waals surface area contributed by atoms with Gasteiger partial charge in [-0.05, 0) is 32.9 Å². The molecule has 2 unspecified atom stereocenters. The molecule has 5 heteroatoms. The minimum Gasteiger partial charge on any atom is -0.309 e. The van der Waals surface area contributed by atoms with Crippen molar-refractivity contribution >= 4 is 0 Å². The molecule has 0 aromatic heterocycles. The summed E-state index contributed by atoms with van der Waals surface area (Å²) in [5.41, 5.74) is 1.01. The highest BCUT2D eigenvalue weighted by atomic mass is 19.4. The van der Waals surface area contributed by atoms with Crippen molar-refractivity contribution < 1.29 is 13.2 Å². The summed E-state index contributed by atoms with van der Waals surface area (Å²) in [6.45, 7) is 7.24. The maximum atomic E-state index is 12.8. The van der Waals surface area contributed by atoms with Crippen LogP contribution < -0.4 is 5.32 Å². The lowest BCUT2D eigenvalue weighted by atomic mass is 9.98. The summed E-state index contributed by atoms with van der Waals surface area (Å²) >= 11 is 0. The van der Waals surface area contributed by atoms with Crippen LogP contribution in [0.2, 0.25) is 0 Å². The van der Waals surface area contributed by atoms with Gasteiger partial charge in [0.25, 0.3) is 0 Å². The van der Waals surface area contributed by atoms with E-state index in [-0.39, 0.29) is 18.1 Å². The van der Waals surface area contributed by atoms with E-state index in [1.54, 1.807) is 13.8 Å². The van der Waals surface area contributed by atoms with Crippen LogP contribution in [0.3, 0.4) is 0 Å². The third-order valence-electron chi connectivity index (χ3n) is 3.61. The van der Waals surface area contributed by atoms with Gasteiger partial charge in [0, 0.05) is 18.1 Å². The van der Waals surface area contributed by atoms with Crippen LogP contribution in [0.25, 0.3) is 0 Å². The zero-order chi connectivity index (χ0) is 16.0. The van der Waals surface area contributed by atoms with Gasteiger partial charge >= 0.3 is 6.18 Å².